The number of hydrogen-bond acceptors (Lipinski definition) is 4. The molecule has 4 amide bonds. The van der Waals surface area contributed by atoms with Crippen LogP contribution in [0.5, 0.6) is 0 Å². The molecule has 2 aromatic carbocycles. The lowest BCUT2D eigenvalue weighted by atomic mass is 10.0. The first kappa shape index (κ1) is 29.3. The highest BCUT2D eigenvalue weighted by Gasteiger charge is 2.37. The molecule has 3 heterocycles. The SMILES string of the molecule is CC(C)[C@@H]1CN(C(=O)Cn2ccc3ccccc32)CC(=O)NCCCc2ccc(F)c(c2)C(=O)N2CCC[C@H]2C(=O)N1. The minimum Gasteiger partial charge on any atom is -0.355 e. The number of aryl methyl sites for hydroxylation is 1. The summed E-state index contributed by atoms with van der Waals surface area (Å²) in [7, 11) is 0. The lowest BCUT2D eigenvalue weighted by Gasteiger charge is -2.32. The van der Waals surface area contributed by atoms with Crippen LogP contribution in [0.1, 0.15) is 49.0 Å². The van der Waals surface area contributed by atoms with Gasteiger partial charge in [0.25, 0.3) is 5.91 Å². The number of fused-ring (bicyclic) bond motifs is 4. The fourth-order valence-electron chi connectivity index (χ4n) is 5.80. The quantitative estimate of drug-likeness (QED) is 0.501. The molecule has 2 atom stereocenters. The molecule has 0 unspecified atom stereocenters. The van der Waals surface area contributed by atoms with Crippen molar-refractivity contribution in [3.8, 4) is 0 Å². The van der Waals surface area contributed by atoms with Crippen molar-refractivity contribution < 1.29 is 23.6 Å². The van der Waals surface area contributed by atoms with Gasteiger partial charge in [-0.15, -0.1) is 0 Å². The summed E-state index contributed by atoms with van der Waals surface area (Å²) in [6.07, 6.45) is 4.06. The maximum atomic E-state index is 14.8. The predicted molar refractivity (Wildman–Crippen MR) is 157 cm³/mol. The van der Waals surface area contributed by atoms with Crippen molar-refractivity contribution in [3.63, 3.8) is 0 Å². The van der Waals surface area contributed by atoms with Gasteiger partial charge in [-0.05, 0) is 66.8 Å². The zero-order valence-electron chi connectivity index (χ0n) is 24.1. The van der Waals surface area contributed by atoms with Gasteiger partial charge in [0.05, 0.1) is 12.1 Å². The minimum absolute atomic E-state index is 0.0460. The molecule has 0 aliphatic carbocycles. The second-order valence-corrected chi connectivity index (χ2v) is 11.6. The van der Waals surface area contributed by atoms with E-state index in [0.29, 0.717) is 38.8 Å². The number of hydrogen-bond donors (Lipinski definition) is 2. The van der Waals surface area contributed by atoms with Gasteiger partial charge in [-0.3, -0.25) is 19.2 Å². The van der Waals surface area contributed by atoms with Gasteiger partial charge < -0.3 is 25.0 Å². The second kappa shape index (κ2) is 12.8. The molecule has 10 heteroatoms. The van der Waals surface area contributed by atoms with Crippen LogP contribution in [0.2, 0.25) is 0 Å². The highest BCUT2D eigenvalue weighted by atomic mass is 19.1. The summed E-state index contributed by atoms with van der Waals surface area (Å²) in [4.78, 5) is 56.7. The van der Waals surface area contributed by atoms with E-state index in [4.69, 9.17) is 0 Å². The van der Waals surface area contributed by atoms with E-state index < -0.39 is 23.8 Å². The molecule has 0 radical (unpaired) electrons. The van der Waals surface area contributed by atoms with Gasteiger partial charge in [-0.2, -0.15) is 0 Å². The lowest BCUT2D eigenvalue weighted by molar-refractivity contribution is -0.137. The normalized spacial score (nSPS) is 20.8. The third-order valence-electron chi connectivity index (χ3n) is 8.26. The Morgan fingerprint density at radius 2 is 1.88 bits per heavy atom. The summed E-state index contributed by atoms with van der Waals surface area (Å²) in [6, 6.07) is 13.0. The highest BCUT2D eigenvalue weighted by Crippen LogP contribution is 2.24. The number of nitrogens with zero attached hydrogens (tertiary/aromatic N) is 3. The molecule has 42 heavy (non-hydrogen) atoms. The van der Waals surface area contributed by atoms with Gasteiger partial charge in [-0.25, -0.2) is 4.39 Å². The van der Waals surface area contributed by atoms with Crippen LogP contribution in [0, 0.1) is 11.7 Å². The van der Waals surface area contributed by atoms with Crippen LogP contribution in [-0.4, -0.2) is 76.3 Å². The molecule has 0 spiro atoms. The number of aromatic nitrogens is 1. The molecule has 0 saturated carbocycles. The van der Waals surface area contributed by atoms with E-state index in [1.807, 2.05) is 54.9 Å². The van der Waals surface area contributed by atoms with Crippen molar-refractivity contribution >= 4 is 34.5 Å². The number of carbonyl (C=O) groups is 4. The third kappa shape index (κ3) is 6.48. The molecule has 2 aliphatic heterocycles. The summed E-state index contributed by atoms with van der Waals surface area (Å²) >= 11 is 0. The van der Waals surface area contributed by atoms with Crippen molar-refractivity contribution in [1.82, 2.24) is 25.0 Å². The van der Waals surface area contributed by atoms with Crippen molar-refractivity contribution in [3.05, 3.63) is 71.7 Å². The number of carbonyl (C=O) groups excluding carboxylic acids is 4. The van der Waals surface area contributed by atoms with Crippen molar-refractivity contribution in [2.45, 2.75) is 58.2 Å². The van der Waals surface area contributed by atoms with Gasteiger partial charge in [-0.1, -0.05) is 38.1 Å². The molecule has 2 aliphatic rings. The zero-order chi connectivity index (χ0) is 29.8. The summed E-state index contributed by atoms with van der Waals surface area (Å²) in [5, 5.41) is 6.95. The lowest BCUT2D eigenvalue weighted by Crippen LogP contribution is -2.55. The predicted octanol–water partition coefficient (Wildman–Crippen LogP) is 3.12. The molecule has 5 rings (SSSR count). The average Bonchev–Trinajstić information content (AvgIpc) is 3.62. The molecule has 9 nitrogen and oxygen atoms in total. The van der Waals surface area contributed by atoms with Gasteiger partial charge in [0, 0.05) is 37.4 Å². The largest absolute Gasteiger partial charge is 0.355 e. The molecule has 1 aromatic heterocycles. The van der Waals surface area contributed by atoms with Gasteiger partial charge in [0.2, 0.25) is 17.7 Å². The van der Waals surface area contributed by atoms with E-state index in [0.717, 1.165) is 16.5 Å². The maximum Gasteiger partial charge on any atom is 0.257 e. The van der Waals surface area contributed by atoms with E-state index in [1.54, 1.807) is 12.1 Å². The van der Waals surface area contributed by atoms with Crippen molar-refractivity contribution in [1.29, 1.82) is 0 Å². The number of nitrogens with one attached hydrogen (secondary N) is 2. The summed E-state index contributed by atoms with van der Waals surface area (Å²) in [5.41, 5.74) is 1.64. The van der Waals surface area contributed by atoms with Gasteiger partial charge >= 0.3 is 0 Å². The Morgan fingerprint density at radius 1 is 1.07 bits per heavy atom. The first-order chi connectivity index (χ1) is 20.2. The van der Waals surface area contributed by atoms with Gasteiger partial charge in [0.15, 0.2) is 0 Å². The first-order valence-electron chi connectivity index (χ1n) is 14.7. The van der Waals surface area contributed by atoms with Crippen molar-refractivity contribution in [2.24, 2.45) is 5.92 Å². The highest BCUT2D eigenvalue weighted by molar-refractivity contribution is 5.98. The number of amides is 4. The fraction of sp³-hybridized carbons (Fsp3) is 0.438. The van der Waals surface area contributed by atoms with Crippen LogP contribution in [0.15, 0.2) is 54.7 Å². The summed E-state index contributed by atoms with van der Waals surface area (Å²) in [5.74, 6) is -2.06. The molecule has 2 bridgehead atoms. The van der Waals surface area contributed by atoms with Gasteiger partial charge in [0.1, 0.15) is 18.4 Å². The van der Waals surface area contributed by atoms with Crippen LogP contribution in [0.25, 0.3) is 10.9 Å². The van der Waals surface area contributed by atoms with Crippen LogP contribution < -0.4 is 10.6 Å². The van der Waals surface area contributed by atoms with Crippen molar-refractivity contribution in [2.75, 3.05) is 26.2 Å². The first-order valence-corrected chi connectivity index (χ1v) is 14.7. The summed E-state index contributed by atoms with van der Waals surface area (Å²) < 4.78 is 16.6. The Hall–Kier alpha value is -4.21. The monoisotopic (exact) mass is 575 g/mol. The van der Waals surface area contributed by atoms with Crippen LogP contribution >= 0.6 is 0 Å². The number of benzene rings is 2. The molecule has 2 N–H and O–H groups in total. The Morgan fingerprint density at radius 3 is 2.69 bits per heavy atom. The van der Waals surface area contributed by atoms with Crippen LogP contribution in [-0.2, 0) is 27.3 Å². The smallest absolute Gasteiger partial charge is 0.257 e. The fourth-order valence-corrected chi connectivity index (χ4v) is 5.80. The number of rotatable bonds is 3. The maximum absolute atomic E-state index is 14.8. The molecule has 3 aromatic rings. The molecular formula is C32H38FN5O4. The average molecular weight is 576 g/mol. The van der Waals surface area contributed by atoms with E-state index in [1.165, 1.54) is 15.9 Å². The van der Waals surface area contributed by atoms with E-state index in [9.17, 15) is 23.6 Å². The van der Waals surface area contributed by atoms with E-state index in [-0.39, 0.29) is 48.8 Å². The second-order valence-electron chi connectivity index (χ2n) is 11.6. The van der Waals surface area contributed by atoms with E-state index >= 15 is 0 Å². The Labute approximate surface area is 245 Å². The third-order valence-corrected chi connectivity index (χ3v) is 8.26. The Bertz CT molecular complexity index is 1480. The number of para-hydroxylation sites is 1. The molecule has 1 fully saturated rings. The number of halogens is 1. The molecule has 222 valence electrons. The summed E-state index contributed by atoms with van der Waals surface area (Å²) in [6.45, 7) is 4.63. The molecule has 1 saturated heterocycles. The topological polar surface area (TPSA) is 104 Å². The molecular weight excluding hydrogens is 537 g/mol. The Kier molecular flexibility index (Phi) is 8.89. The van der Waals surface area contributed by atoms with E-state index in [2.05, 4.69) is 10.6 Å². The zero-order valence-corrected chi connectivity index (χ0v) is 24.1. The standard InChI is InChI=1S/C32H38FN5O4/c1-21(2)26-18-37(30(40)20-36-16-13-23-8-3-4-9-27(23)36)19-29(39)34-14-5-7-22-11-12-25(33)24(17-22)32(42)38-15-6-10-28(38)31(41)35-26/h3-4,8-9,11-13,16-17,21,26,28H,5-7,10,14-15,18-20H2,1-2H3,(H,34,39)(H,35,41)/t26-,28-/m0/s1. The Balaban J connectivity index is 1.42. The van der Waals surface area contributed by atoms with Crippen LogP contribution in [0.4, 0.5) is 4.39 Å². The minimum atomic E-state index is -0.740. The van der Waals surface area contributed by atoms with Crippen LogP contribution in [0.3, 0.4) is 0 Å².